The van der Waals surface area contributed by atoms with Gasteiger partial charge in [-0.15, -0.1) is 0 Å². The largest absolute Gasteiger partial charge is 0.465 e. The highest BCUT2D eigenvalue weighted by Gasteiger charge is 2.08. The van der Waals surface area contributed by atoms with Gasteiger partial charge in [-0.25, -0.2) is 4.79 Å². The number of hydrogen-bond donors (Lipinski definition) is 3. The third-order valence-corrected chi connectivity index (χ3v) is 3.07. The van der Waals surface area contributed by atoms with E-state index in [4.69, 9.17) is 5.11 Å². The van der Waals surface area contributed by atoms with Gasteiger partial charge in [0.05, 0.1) is 5.69 Å². The molecule has 0 fully saturated rings. The number of benzene rings is 2. The van der Waals surface area contributed by atoms with Crippen LogP contribution in [0.3, 0.4) is 0 Å². The molecule has 1 amide bonds. The van der Waals surface area contributed by atoms with Crippen LogP contribution in [0.4, 0.5) is 10.5 Å². The summed E-state index contributed by atoms with van der Waals surface area (Å²) in [6.45, 7) is 0.858. The third kappa shape index (κ3) is 3.59. The molecule has 0 radical (unpaired) electrons. The van der Waals surface area contributed by atoms with Crippen LogP contribution in [0.15, 0.2) is 48.5 Å². The van der Waals surface area contributed by atoms with E-state index in [2.05, 4.69) is 10.6 Å². The van der Waals surface area contributed by atoms with E-state index in [-0.39, 0.29) is 0 Å². The molecule has 0 aliphatic rings. The average molecular weight is 270 g/mol. The summed E-state index contributed by atoms with van der Waals surface area (Å²) in [6, 6.07) is 15.6. The summed E-state index contributed by atoms with van der Waals surface area (Å²) < 4.78 is 0. The lowest BCUT2D eigenvalue weighted by atomic mass is 10.0. The molecule has 3 N–H and O–H groups in total. The average Bonchev–Trinajstić information content (AvgIpc) is 2.45. The summed E-state index contributed by atoms with van der Waals surface area (Å²) in [5.74, 6) is 0. The van der Waals surface area contributed by atoms with E-state index in [9.17, 15) is 4.79 Å². The molecule has 0 heterocycles. The second-order valence-corrected chi connectivity index (χ2v) is 4.53. The zero-order valence-corrected chi connectivity index (χ0v) is 11.4. The van der Waals surface area contributed by atoms with E-state index in [1.807, 2.05) is 55.6 Å². The molecule has 4 heteroatoms. The molecule has 2 aromatic rings. The molecule has 4 nitrogen and oxygen atoms in total. The van der Waals surface area contributed by atoms with Crippen molar-refractivity contribution in [2.45, 2.75) is 6.42 Å². The highest BCUT2D eigenvalue weighted by atomic mass is 16.4. The fourth-order valence-corrected chi connectivity index (χ4v) is 2.10. The summed E-state index contributed by atoms with van der Waals surface area (Å²) in [5.41, 5.74) is 3.61. The molecule has 2 aromatic carbocycles. The van der Waals surface area contributed by atoms with Crippen LogP contribution >= 0.6 is 0 Å². The number of rotatable bonds is 5. The van der Waals surface area contributed by atoms with E-state index in [1.54, 1.807) is 0 Å². The highest BCUT2D eigenvalue weighted by molar-refractivity contribution is 5.90. The number of carboxylic acid groups (broad SMARTS) is 1. The lowest BCUT2D eigenvalue weighted by Crippen LogP contribution is -2.12. The van der Waals surface area contributed by atoms with E-state index in [0.717, 1.165) is 29.7 Å². The minimum absolute atomic E-state index is 0.623. The number of likely N-dealkylation sites (N-methyl/N-ethyl adjacent to an activating group) is 1. The first-order valence-corrected chi connectivity index (χ1v) is 6.53. The van der Waals surface area contributed by atoms with Crippen LogP contribution in [0.1, 0.15) is 5.56 Å². The van der Waals surface area contributed by atoms with E-state index < -0.39 is 6.09 Å². The third-order valence-electron chi connectivity index (χ3n) is 3.07. The maximum Gasteiger partial charge on any atom is 0.409 e. The molecule has 0 spiro atoms. The van der Waals surface area contributed by atoms with Crippen molar-refractivity contribution in [3.63, 3.8) is 0 Å². The van der Waals surface area contributed by atoms with Gasteiger partial charge in [0, 0.05) is 5.56 Å². The first-order chi connectivity index (χ1) is 9.70. The normalized spacial score (nSPS) is 10.2. The summed E-state index contributed by atoms with van der Waals surface area (Å²) >= 11 is 0. The Hall–Kier alpha value is -2.33. The van der Waals surface area contributed by atoms with Crippen molar-refractivity contribution in [3.8, 4) is 11.1 Å². The molecule has 0 atom stereocenters. The van der Waals surface area contributed by atoms with Crippen molar-refractivity contribution in [1.29, 1.82) is 0 Å². The van der Waals surface area contributed by atoms with Gasteiger partial charge in [0.2, 0.25) is 0 Å². The molecular weight excluding hydrogens is 252 g/mol. The predicted molar refractivity (Wildman–Crippen MR) is 81.2 cm³/mol. The lowest BCUT2D eigenvalue weighted by molar-refractivity contribution is 0.210. The second kappa shape index (κ2) is 6.73. The van der Waals surface area contributed by atoms with Crippen molar-refractivity contribution >= 4 is 11.8 Å². The number of anilines is 1. The molecule has 0 saturated carbocycles. The highest BCUT2D eigenvalue weighted by Crippen LogP contribution is 2.29. The van der Waals surface area contributed by atoms with Crippen LogP contribution in [0.5, 0.6) is 0 Å². The Bertz CT molecular complexity index is 582. The predicted octanol–water partition coefficient (Wildman–Crippen LogP) is 3.21. The van der Waals surface area contributed by atoms with Gasteiger partial charge in [0.25, 0.3) is 0 Å². The van der Waals surface area contributed by atoms with Crippen LogP contribution in [0.25, 0.3) is 11.1 Å². The number of nitrogens with one attached hydrogen (secondary N) is 2. The Morgan fingerprint density at radius 2 is 1.90 bits per heavy atom. The Kier molecular flexibility index (Phi) is 4.74. The first-order valence-electron chi connectivity index (χ1n) is 6.53. The fourth-order valence-electron chi connectivity index (χ4n) is 2.10. The van der Waals surface area contributed by atoms with Gasteiger partial charge in [-0.3, -0.25) is 5.32 Å². The van der Waals surface area contributed by atoms with Gasteiger partial charge >= 0.3 is 6.09 Å². The van der Waals surface area contributed by atoms with Gasteiger partial charge < -0.3 is 10.4 Å². The van der Waals surface area contributed by atoms with Crippen LogP contribution < -0.4 is 10.6 Å². The molecule has 0 bridgehead atoms. The minimum Gasteiger partial charge on any atom is -0.465 e. The van der Waals surface area contributed by atoms with Gasteiger partial charge in [0.1, 0.15) is 0 Å². The van der Waals surface area contributed by atoms with Crippen molar-refractivity contribution in [2.24, 2.45) is 0 Å². The van der Waals surface area contributed by atoms with Crippen LogP contribution in [-0.2, 0) is 6.42 Å². The van der Waals surface area contributed by atoms with Crippen LogP contribution in [0.2, 0.25) is 0 Å². The van der Waals surface area contributed by atoms with Gasteiger partial charge in [-0.2, -0.15) is 0 Å². The van der Waals surface area contributed by atoms with Gasteiger partial charge in [0.15, 0.2) is 0 Å². The summed E-state index contributed by atoms with van der Waals surface area (Å²) in [4.78, 5) is 11.0. The molecule has 0 aliphatic carbocycles. The van der Waals surface area contributed by atoms with E-state index in [0.29, 0.717) is 5.69 Å². The Labute approximate surface area is 118 Å². The lowest BCUT2D eigenvalue weighted by Gasteiger charge is -2.12. The smallest absolute Gasteiger partial charge is 0.409 e. The monoisotopic (exact) mass is 270 g/mol. The second-order valence-electron chi connectivity index (χ2n) is 4.53. The Morgan fingerprint density at radius 3 is 2.55 bits per heavy atom. The summed E-state index contributed by atoms with van der Waals surface area (Å²) in [5, 5.41) is 14.6. The number of carbonyl (C=O) groups is 1. The zero-order valence-electron chi connectivity index (χ0n) is 11.4. The zero-order chi connectivity index (χ0) is 14.4. The Balaban J connectivity index is 2.37. The number of hydrogen-bond acceptors (Lipinski definition) is 2. The molecule has 2 rings (SSSR count). The standard InChI is InChI=1S/C16H18N2O2/c1-17-10-9-12-7-8-14(13-5-3-2-4-6-13)15(11-12)18-16(19)20/h2-8,11,17-18H,9-10H2,1H3,(H,19,20). The van der Waals surface area contributed by atoms with Gasteiger partial charge in [-0.1, -0.05) is 42.5 Å². The maximum atomic E-state index is 11.0. The topological polar surface area (TPSA) is 61.4 Å². The van der Waals surface area contributed by atoms with Crippen LogP contribution in [-0.4, -0.2) is 24.8 Å². The van der Waals surface area contributed by atoms with Crippen molar-refractivity contribution < 1.29 is 9.90 Å². The van der Waals surface area contributed by atoms with Crippen molar-refractivity contribution in [1.82, 2.24) is 5.32 Å². The molecule has 104 valence electrons. The molecular formula is C16H18N2O2. The SMILES string of the molecule is CNCCc1ccc(-c2ccccc2)c(NC(=O)O)c1. The molecule has 0 aliphatic heterocycles. The summed E-state index contributed by atoms with van der Waals surface area (Å²) in [7, 11) is 1.90. The van der Waals surface area contributed by atoms with Crippen molar-refractivity contribution in [3.05, 3.63) is 54.1 Å². The minimum atomic E-state index is -1.05. The maximum absolute atomic E-state index is 11.0. The Morgan fingerprint density at radius 1 is 1.15 bits per heavy atom. The van der Waals surface area contributed by atoms with E-state index in [1.165, 1.54) is 0 Å². The fraction of sp³-hybridized carbons (Fsp3) is 0.188. The number of amides is 1. The van der Waals surface area contributed by atoms with E-state index >= 15 is 0 Å². The molecule has 0 saturated heterocycles. The quantitative estimate of drug-likeness (QED) is 0.782. The van der Waals surface area contributed by atoms with Crippen molar-refractivity contribution in [2.75, 3.05) is 18.9 Å². The molecule has 0 aromatic heterocycles. The molecule has 20 heavy (non-hydrogen) atoms. The summed E-state index contributed by atoms with van der Waals surface area (Å²) in [6.07, 6.45) is -0.187. The van der Waals surface area contributed by atoms with Gasteiger partial charge in [-0.05, 0) is 37.2 Å². The van der Waals surface area contributed by atoms with Crippen LogP contribution in [0, 0.1) is 0 Å². The molecule has 0 unspecified atom stereocenters. The first kappa shape index (κ1) is 14.1.